The molecule has 1 aromatic rings. The van der Waals surface area contributed by atoms with Gasteiger partial charge in [-0.05, 0) is 25.0 Å². The van der Waals surface area contributed by atoms with Gasteiger partial charge >= 0.3 is 6.03 Å². The van der Waals surface area contributed by atoms with Gasteiger partial charge in [0.15, 0.2) is 5.69 Å². The van der Waals surface area contributed by atoms with Gasteiger partial charge < -0.3 is 16.0 Å². The van der Waals surface area contributed by atoms with E-state index < -0.39 is 11.6 Å². The number of likely N-dealkylation sites (tertiary alicyclic amines) is 1. The molecule has 1 spiro atoms. The Hall–Kier alpha value is -2.64. The average molecular weight is 289 g/mol. The Bertz CT molecular complexity index is 632. The summed E-state index contributed by atoms with van der Waals surface area (Å²) in [5, 5.41) is 4.85. The minimum absolute atomic E-state index is 0.124. The number of nitrogens with two attached hydrogens (primary N) is 1. The number of hydrogen-bond donors (Lipinski definition) is 3. The molecule has 110 valence electrons. The number of imide groups is 1. The molecule has 3 rings (SSSR count). The SMILES string of the molecule is Nc1cccnc1C(=O)N1CCCC2(C1)NC(=O)NC2=O. The lowest BCUT2D eigenvalue weighted by atomic mass is 9.89. The number of amides is 4. The van der Waals surface area contributed by atoms with Crippen LogP contribution in [0.25, 0.3) is 0 Å². The molecule has 8 nitrogen and oxygen atoms in total. The summed E-state index contributed by atoms with van der Waals surface area (Å²) >= 11 is 0. The van der Waals surface area contributed by atoms with E-state index in [0.717, 1.165) is 0 Å². The molecule has 2 aliphatic rings. The van der Waals surface area contributed by atoms with Crippen LogP contribution in [-0.4, -0.2) is 46.4 Å². The third-order valence-corrected chi connectivity index (χ3v) is 3.84. The standard InChI is InChI=1S/C13H15N5O3/c14-8-3-1-5-15-9(8)10(19)18-6-2-4-13(7-18)11(20)16-12(21)17-13/h1,3,5H,2,4,6-7,14H2,(H2,16,17,20,21). The number of aromatic nitrogens is 1. The van der Waals surface area contributed by atoms with Crippen LogP contribution in [0.15, 0.2) is 18.3 Å². The Morgan fingerprint density at radius 3 is 2.90 bits per heavy atom. The van der Waals surface area contributed by atoms with Gasteiger partial charge in [0.25, 0.3) is 11.8 Å². The summed E-state index contributed by atoms with van der Waals surface area (Å²) < 4.78 is 0. The number of carbonyl (C=O) groups is 3. The van der Waals surface area contributed by atoms with Crippen molar-refractivity contribution in [1.29, 1.82) is 0 Å². The molecule has 4 N–H and O–H groups in total. The molecule has 8 heteroatoms. The number of anilines is 1. The molecule has 1 aromatic heterocycles. The van der Waals surface area contributed by atoms with Gasteiger partial charge in [-0.15, -0.1) is 0 Å². The number of urea groups is 1. The van der Waals surface area contributed by atoms with Gasteiger partial charge in [0.05, 0.1) is 12.2 Å². The summed E-state index contributed by atoms with van der Waals surface area (Å²) in [5.41, 5.74) is 5.19. The van der Waals surface area contributed by atoms with Crippen LogP contribution in [0.3, 0.4) is 0 Å². The lowest BCUT2D eigenvalue weighted by Gasteiger charge is -2.37. The molecule has 0 bridgehead atoms. The highest BCUT2D eigenvalue weighted by Crippen LogP contribution is 2.26. The van der Waals surface area contributed by atoms with Gasteiger partial charge in [0, 0.05) is 12.7 Å². The summed E-state index contributed by atoms with van der Waals surface area (Å²) in [4.78, 5) is 41.3. The van der Waals surface area contributed by atoms with Crippen LogP contribution in [0.1, 0.15) is 23.3 Å². The topological polar surface area (TPSA) is 117 Å². The van der Waals surface area contributed by atoms with E-state index >= 15 is 0 Å². The second kappa shape index (κ2) is 4.72. The van der Waals surface area contributed by atoms with Crippen LogP contribution < -0.4 is 16.4 Å². The summed E-state index contributed by atoms with van der Waals surface area (Å²) in [6.07, 6.45) is 2.62. The van der Waals surface area contributed by atoms with Crippen molar-refractivity contribution in [3.8, 4) is 0 Å². The van der Waals surface area contributed by atoms with E-state index in [1.165, 1.54) is 11.1 Å². The van der Waals surface area contributed by atoms with Crippen LogP contribution in [0, 0.1) is 0 Å². The summed E-state index contributed by atoms with van der Waals surface area (Å²) in [7, 11) is 0. The molecule has 21 heavy (non-hydrogen) atoms. The summed E-state index contributed by atoms with van der Waals surface area (Å²) in [5.74, 6) is -0.722. The van der Waals surface area contributed by atoms with Crippen LogP contribution >= 0.6 is 0 Å². The second-order valence-electron chi connectivity index (χ2n) is 5.26. The van der Waals surface area contributed by atoms with Gasteiger partial charge in [-0.3, -0.25) is 14.9 Å². The maximum absolute atomic E-state index is 12.5. The van der Waals surface area contributed by atoms with Crippen molar-refractivity contribution < 1.29 is 14.4 Å². The number of carbonyl (C=O) groups excluding carboxylic acids is 3. The van der Waals surface area contributed by atoms with E-state index in [4.69, 9.17) is 5.73 Å². The van der Waals surface area contributed by atoms with Crippen LogP contribution in [-0.2, 0) is 4.79 Å². The van der Waals surface area contributed by atoms with Crippen LogP contribution in [0.5, 0.6) is 0 Å². The Labute approximate surface area is 120 Å². The molecule has 0 aromatic carbocycles. The number of nitrogens with one attached hydrogen (secondary N) is 2. The van der Waals surface area contributed by atoms with E-state index in [2.05, 4.69) is 15.6 Å². The predicted octanol–water partition coefficient (Wildman–Crippen LogP) is -0.522. The molecule has 1 atom stereocenters. The first kappa shape index (κ1) is 13.3. The Morgan fingerprint density at radius 2 is 2.24 bits per heavy atom. The highest BCUT2D eigenvalue weighted by Gasteiger charge is 2.49. The molecule has 0 saturated carbocycles. The van der Waals surface area contributed by atoms with Gasteiger partial charge in [0.1, 0.15) is 5.54 Å². The second-order valence-corrected chi connectivity index (χ2v) is 5.26. The number of nitrogen functional groups attached to an aromatic ring is 1. The molecule has 3 heterocycles. The molecule has 0 radical (unpaired) electrons. The smallest absolute Gasteiger partial charge is 0.322 e. The fourth-order valence-corrected chi connectivity index (χ4v) is 2.79. The number of rotatable bonds is 1. The highest BCUT2D eigenvalue weighted by atomic mass is 16.2. The highest BCUT2D eigenvalue weighted by molar-refractivity contribution is 6.08. The van der Waals surface area contributed by atoms with Crippen molar-refractivity contribution in [1.82, 2.24) is 20.5 Å². The number of piperidine rings is 1. The first-order chi connectivity index (χ1) is 10.0. The number of nitrogens with zero attached hydrogens (tertiary/aromatic N) is 2. The van der Waals surface area contributed by atoms with Crippen LogP contribution in [0.2, 0.25) is 0 Å². The fourth-order valence-electron chi connectivity index (χ4n) is 2.79. The molecule has 0 aliphatic carbocycles. The minimum atomic E-state index is -1.03. The molecular weight excluding hydrogens is 274 g/mol. The summed E-state index contributed by atoms with van der Waals surface area (Å²) in [6.45, 7) is 0.624. The lowest BCUT2D eigenvalue weighted by Crippen LogP contribution is -2.59. The Morgan fingerprint density at radius 1 is 1.43 bits per heavy atom. The first-order valence-electron chi connectivity index (χ1n) is 6.65. The average Bonchev–Trinajstić information content (AvgIpc) is 2.72. The quantitative estimate of drug-likeness (QED) is 0.601. The molecule has 2 saturated heterocycles. The van der Waals surface area contributed by atoms with Crippen molar-refractivity contribution in [2.24, 2.45) is 0 Å². The monoisotopic (exact) mass is 289 g/mol. The van der Waals surface area contributed by atoms with Crippen molar-refractivity contribution in [2.45, 2.75) is 18.4 Å². The maximum atomic E-state index is 12.5. The minimum Gasteiger partial charge on any atom is -0.397 e. The predicted molar refractivity (Wildman–Crippen MR) is 73.2 cm³/mol. The van der Waals surface area contributed by atoms with Crippen molar-refractivity contribution in [3.63, 3.8) is 0 Å². The molecule has 1 unspecified atom stereocenters. The first-order valence-corrected chi connectivity index (χ1v) is 6.65. The normalized spacial score (nSPS) is 24.9. The Kier molecular flexibility index (Phi) is 3.00. The van der Waals surface area contributed by atoms with E-state index in [1.54, 1.807) is 12.1 Å². The zero-order chi connectivity index (χ0) is 15.0. The van der Waals surface area contributed by atoms with Gasteiger partial charge in [-0.1, -0.05) is 0 Å². The maximum Gasteiger partial charge on any atom is 0.322 e. The van der Waals surface area contributed by atoms with Gasteiger partial charge in [0.2, 0.25) is 0 Å². The Balaban J connectivity index is 1.84. The zero-order valence-electron chi connectivity index (χ0n) is 11.3. The number of hydrogen-bond acceptors (Lipinski definition) is 5. The number of pyridine rings is 1. The zero-order valence-corrected chi connectivity index (χ0v) is 11.3. The van der Waals surface area contributed by atoms with E-state index in [9.17, 15) is 14.4 Å². The molecule has 2 aliphatic heterocycles. The van der Waals surface area contributed by atoms with E-state index in [1.807, 2.05) is 0 Å². The third-order valence-electron chi connectivity index (χ3n) is 3.84. The summed E-state index contributed by atoms with van der Waals surface area (Å²) in [6, 6.07) is 2.73. The lowest BCUT2D eigenvalue weighted by molar-refractivity contribution is -0.125. The van der Waals surface area contributed by atoms with Crippen molar-refractivity contribution in [2.75, 3.05) is 18.8 Å². The third kappa shape index (κ3) is 2.18. The molecule has 2 fully saturated rings. The van der Waals surface area contributed by atoms with Crippen molar-refractivity contribution >= 4 is 23.5 Å². The van der Waals surface area contributed by atoms with Gasteiger partial charge in [-0.2, -0.15) is 0 Å². The van der Waals surface area contributed by atoms with Gasteiger partial charge in [-0.25, -0.2) is 9.78 Å². The fraction of sp³-hybridized carbons (Fsp3) is 0.385. The van der Waals surface area contributed by atoms with Crippen molar-refractivity contribution in [3.05, 3.63) is 24.0 Å². The molecule has 4 amide bonds. The van der Waals surface area contributed by atoms with Crippen LogP contribution in [0.4, 0.5) is 10.5 Å². The largest absolute Gasteiger partial charge is 0.397 e. The molecular formula is C13H15N5O3. The van der Waals surface area contributed by atoms with E-state index in [0.29, 0.717) is 25.1 Å². The van der Waals surface area contributed by atoms with E-state index in [-0.39, 0.29) is 24.1 Å².